The van der Waals surface area contributed by atoms with E-state index in [-0.39, 0.29) is 31.8 Å². The Morgan fingerprint density at radius 1 is 0.816 bits per heavy atom. The van der Waals surface area contributed by atoms with Crippen LogP contribution in [0.1, 0.15) is 39.7 Å². The zero-order valence-electron chi connectivity index (χ0n) is 21.4. The summed E-state index contributed by atoms with van der Waals surface area (Å²) in [5, 5.41) is 8.52. The summed E-state index contributed by atoms with van der Waals surface area (Å²) in [6, 6.07) is 8.10. The van der Waals surface area contributed by atoms with Crippen molar-refractivity contribution in [2.45, 2.75) is 71.2 Å². The topological polar surface area (TPSA) is 174 Å². The summed E-state index contributed by atoms with van der Waals surface area (Å²) in [6.07, 6.45) is -6.50. The highest BCUT2D eigenvalue weighted by atomic mass is 16.7. The zero-order chi connectivity index (χ0) is 28.2. The van der Waals surface area contributed by atoms with Crippen molar-refractivity contribution in [3.05, 3.63) is 29.8 Å². The van der Waals surface area contributed by atoms with Crippen molar-refractivity contribution in [3.8, 4) is 11.8 Å². The molecule has 38 heavy (non-hydrogen) atoms. The van der Waals surface area contributed by atoms with Crippen molar-refractivity contribution >= 4 is 29.8 Å². The highest BCUT2D eigenvalue weighted by molar-refractivity contribution is 5.72. The number of hydrogen-bond acceptors (Lipinski definition) is 13. The van der Waals surface area contributed by atoms with Crippen molar-refractivity contribution in [2.75, 3.05) is 13.2 Å². The second-order valence-corrected chi connectivity index (χ2v) is 8.13. The van der Waals surface area contributed by atoms with Gasteiger partial charge in [-0.3, -0.25) is 24.0 Å². The molecule has 0 aliphatic carbocycles. The third-order valence-corrected chi connectivity index (χ3v) is 4.95. The zero-order valence-corrected chi connectivity index (χ0v) is 21.4. The number of ether oxygens (including phenoxy) is 7. The molecule has 1 aromatic rings. The molecule has 1 fully saturated rings. The van der Waals surface area contributed by atoms with Crippen LogP contribution in [0, 0.1) is 11.3 Å². The fourth-order valence-electron chi connectivity index (χ4n) is 3.53. The lowest BCUT2D eigenvalue weighted by Gasteiger charge is -2.43. The van der Waals surface area contributed by atoms with E-state index in [1.54, 1.807) is 12.1 Å². The molecule has 0 N–H and O–H groups in total. The minimum atomic E-state index is -1.38. The predicted molar refractivity (Wildman–Crippen MR) is 124 cm³/mol. The Labute approximate surface area is 218 Å². The molecule has 5 atom stereocenters. The monoisotopic (exact) mass is 535 g/mol. The van der Waals surface area contributed by atoms with Gasteiger partial charge >= 0.3 is 29.8 Å². The van der Waals surface area contributed by atoms with E-state index >= 15 is 0 Å². The molecule has 1 aromatic carbocycles. The Balaban J connectivity index is 2.30. The van der Waals surface area contributed by atoms with Crippen LogP contribution in [0.2, 0.25) is 0 Å². The molecule has 13 heteroatoms. The quantitative estimate of drug-likeness (QED) is 0.224. The maximum absolute atomic E-state index is 11.9. The molecule has 0 amide bonds. The van der Waals surface area contributed by atoms with E-state index in [0.717, 1.165) is 20.8 Å². The molecule has 0 bridgehead atoms. The highest BCUT2D eigenvalue weighted by Gasteiger charge is 2.53. The van der Waals surface area contributed by atoms with Crippen LogP contribution in [-0.4, -0.2) is 73.8 Å². The van der Waals surface area contributed by atoms with Gasteiger partial charge in [-0.1, -0.05) is 12.1 Å². The largest absolute Gasteiger partial charge is 0.464 e. The molecule has 0 spiro atoms. The van der Waals surface area contributed by atoms with E-state index in [1.165, 1.54) is 19.1 Å². The highest BCUT2D eigenvalue weighted by Crippen LogP contribution is 2.31. The Bertz CT molecular complexity index is 1050. The Kier molecular flexibility index (Phi) is 11.5. The van der Waals surface area contributed by atoms with Gasteiger partial charge in [0.25, 0.3) is 0 Å². The lowest BCUT2D eigenvalue weighted by atomic mass is 9.98. The van der Waals surface area contributed by atoms with Gasteiger partial charge in [0.05, 0.1) is 18.9 Å². The normalized spacial score (nSPS) is 22.2. The van der Waals surface area contributed by atoms with E-state index in [4.69, 9.17) is 38.4 Å². The van der Waals surface area contributed by atoms with E-state index in [0.29, 0.717) is 5.56 Å². The van der Waals surface area contributed by atoms with Gasteiger partial charge in [0, 0.05) is 27.7 Å². The summed E-state index contributed by atoms with van der Waals surface area (Å²) in [5.41, 5.74) is 0.598. The molecule has 0 aromatic heterocycles. The SMILES string of the molecule is CC(=O)OC[C@H]1O[C@H](Oc2ccc(CC(=O)OCCC#N)cc2)[C@H](OC(C)=O)[C@@H](OC(C)=O)[C@@H]1OC(C)=O. The molecule has 206 valence electrons. The maximum Gasteiger partial charge on any atom is 0.310 e. The second kappa shape index (κ2) is 14.5. The molecule has 2 rings (SSSR count). The van der Waals surface area contributed by atoms with Crippen molar-refractivity contribution in [3.63, 3.8) is 0 Å². The number of rotatable bonds is 11. The van der Waals surface area contributed by atoms with Crippen LogP contribution in [0.25, 0.3) is 0 Å². The number of esters is 5. The van der Waals surface area contributed by atoms with Crippen LogP contribution < -0.4 is 4.74 Å². The molecule has 0 saturated carbocycles. The Hall–Kier alpha value is -4.18. The maximum atomic E-state index is 11.9. The van der Waals surface area contributed by atoms with Gasteiger partial charge in [-0.15, -0.1) is 0 Å². The summed E-state index contributed by atoms with van der Waals surface area (Å²) in [7, 11) is 0. The van der Waals surface area contributed by atoms with Gasteiger partial charge in [0.15, 0.2) is 12.2 Å². The van der Waals surface area contributed by atoms with Crippen LogP contribution >= 0.6 is 0 Å². The van der Waals surface area contributed by atoms with Crippen molar-refractivity contribution in [1.29, 1.82) is 5.26 Å². The molecule has 1 heterocycles. The van der Waals surface area contributed by atoms with Crippen LogP contribution in [0.4, 0.5) is 0 Å². The molecular formula is C25H29NO12. The van der Waals surface area contributed by atoms with E-state index in [9.17, 15) is 24.0 Å². The first kappa shape index (κ1) is 30.0. The number of nitriles is 1. The first-order valence-electron chi connectivity index (χ1n) is 11.6. The third-order valence-electron chi connectivity index (χ3n) is 4.95. The van der Waals surface area contributed by atoms with Crippen molar-refractivity contribution in [1.82, 2.24) is 0 Å². The number of hydrogen-bond donors (Lipinski definition) is 0. The summed E-state index contributed by atoms with van der Waals surface area (Å²) in [6.45, 7) is 4.15. The first-order chi connectivity index (χ1) is 18.0. The van der Waals surface area contributed by atoms with E-state index in [1.807, 2.05) is 6.07 Å². The molecule has 0 unspecified atom stereocenters. The summed E-state index contributed by atoms with van der Waals surface area (Å²) in [4.78, 5) is 58.9. The molecule has 0 radical (unpaired) electrons. The number of carbonyl (C=O) groups is 5. The summed E-state index contributed by atoms with van der Waals surface area (Å²) in [5.74, 6) is -3.18. The van der Waals surface area contributed by atoms with Gasteiger partial charge in [-0.2, -0.15) is 5.26 Å². The smallest absolute Gasteiger partial charge is 0.310 e. The fourth-order valence-corrected chi connectivity index (χ4v) is 3.53. The van der Waals surface area contributed by atoms with Crippen LogP contribution in [-0.2, 0) is 58.8 Å². The minimum Gasteiger partial charge on any atom is -0.464 e. The predicted octanol–water partition coefficient (Wildman–Crippen LogP) is 1.15. The second-order valence-electron chi connectivity index (χ2n) is 8.13. The Morgan fingerprint density at radius 2 is 1.39 bits per heavy atom. The van der Waals surface area contributed by atoms with Gasteiger partial charge in [0.1, 0.15) is 25.1 Å². The Morgan fingerprint density at radius 3 is 1.95 bits per heavy atom. The lowest BCUT2D eigenvalue weighted by molar-refractivity contribution is -0.288. The number of carbonyl (C=O) groups excluding carboxylic acids is 5. The van der Waals surface area contributed by atoms with Crippen LogP contribution in [0.15, 0.2) is 24.3 Å². The standard InChI is InChI=1S/C25H29NO12/c1-14(27)33-13-20-22(34-15(2)28)23(35-16(3)29)24(36-17(4)30)25(38-20)37-19-8-6-18(7-9-19)12-21(31)32-11-5-10-26/h6-9,20,22-25H,5,11-13H2,1-4H3/t20-,22-,23+,24-,25+/m1/s1. The van der Waals surface area contributed by atoms with Crippen molar-refractivity contribution in [2.24, 2.45) is 0 Å². The molecule has 1 aliphatic rings. The van der Waals surface area contributed by atoms with Gasteiger partial charge in [-0.25, -0.2) is 0 Å². The van der Waals surface area contributed by atoms with Gasteiger partial charge < -0.3 is 33.2 Å². The van der Waals surface area contributed by atoms with Gasteiger partial charge in [-0.05, 0) is 17.7 Å². The molecule has 1 aliphatic heterocycles. The lowest BCUT2D eigenvalue weighted by Crippen LogP contribution is -2.63. The van der Waals surface area contributed by atoms with Crippen molar-refractivity contribution < 1.29 is 57.1 Å². The van der Waals surface area contributed by atoms with Gasteiger partial charge in [0.2, 0.25) is 12.4 Å². The number of benzene rings is 1. The summed E-state index contributed by atoms with van der Waals surface area (Å²) < 4.78 is 37.8. The molecular weight excluding hydrogens is 506 g/mol. The minimum absolute atomic E-state index is 0.000565. The average molecular weight is 536 g/mol. The number of nitrogens with zero attached hydrogens (tertiary/aromatic N) is 1. The van der Waals surface area contributed by atoms with E-state index in [2.05, 4.69) is 0 Å². The molecule has 13 nitrogen and oxygen atoms in total. The van der Waals surface area contributed by atoms with E-state index < -0.39 is 60.6 Å². The van der Waals surface area contributed by atoms with Crippen LogP contribution in [0.5, 0.6) is 5.75 Å². The summed E-state index contributed by atoms with van der Waals surface area (Å²) >= 11 is 0. The van der Waals surface area contributed by atoms with Crippen LogP contribution in [0.3, 0.4) is 0 Å². The fraction of sp³-hybridized carbons (Fsp3) is 0.520. The molecule has 1 saturated heterocycles. The average Bonchev–Trinajstić information content (AvgIpc) is 2.82. The first-order valence-corrected chi connectivity index (χ1v) is 11.6. The third kappa shape index (κ3) is 9.70.